The van der Waals surface area contributed by atoms with Crippen LogP contribution in [-0.4, -0.2) is 57.9 Å². The van der Waals surface area contributed by atoms with Crippen molar-refractivity contribution in [2.75, 3.05) is 25.4 Å². The summed E-state index contributed by atoms with van der Waals surface area (Å²) in [6.45, 7) is 5.11. The van der Waals surface area contributed by atoms with E-state index in [2.05, 4.69) is 15.5 Å². The Morgan fingerprint density at radius 1 is 1.22 bits per heavy atom. The fourth-order valence-corrected chi connectivity index (χ4v) is 5.37. The van der Waals surface area contributed by atoms with E-state index in [-0.39, 0.29) is 17.3 Å². The average molecular weight is 342 g/mol. The van der Waals surface area contributed by atoms with Gasteiger partial charge in [-0.05, 0) is 51.0 Å². The number of carbonyl (C=O) groups is 1. The lowest BCUT2D eigenvalue weighted by Crippen LogP contribution is -2.46. The van der Waals surface area contributed by atoms with Crippen LogP contribution in [0.15, 0.2) is 0 Å². The van der Waals surface area contributed by atoms with Crippen LogP contribution in [0.5, 0.6) is 0 Å². The standard InChI is InChI=1S/C17H31N3O2S/c1-2-23(22)16-5-3-4-14(10-16)19-17(21)18-11-13-8-9-20(12-13)15-6-7-15/h13-16H,2-12H2,1H3,(H2,18,19,21)/t13-,14+,16+,23-/m0/s1. The Hall–Kier alpha value is -0.620. The van der Waals surface area contributed by atoms with Gasteiger partial charge in [0.2, 0.25) is 0 Å². The fraction of sp³-hybridized carbons (Fsp3) is 0.941. The van der Waals surface area contributed by atoms with Gasteiger partial charge in [0.05, 0.1) is 0 Å². The number of urea groups is 1. The molecule has 2 amide bonds. The third-order valence-corrected chi connectivity index (χ3v) is 7.29. The van der Waals surface area contributed by atoms with Crippen LogP contribution in [0.1, 0.15) is 51.9 Å². The molecule has 1 aliphatic heterocycles. The zero-order chi connectivity index (χ0) is 16.2. The fourth-order valence-electron chi connectivity index (χ4n) is 4.02. The summed E-state index contributed by atoms with van der Waals surface area (Å²) in [6.07, 6.45) is 7.93. The lowest BCUT2D eigenvalue weighted by molar-refractivity contribution is 0.230. The van der Waals surface area contributed by atoms with Gasteiger partial charge in [-0.15, -0.1) is 0 Å². The quantitative estimate of drug-likeness (QED) is 0.775. The highest BCUT2D eigenvalue weighted by atomic mass is 32.2. The van der Waals surface area contributed by atoms with E-state index >= 15 is 0 Å². The molecule has 0 aromatic rings. The van der Waals surface area contributed by atoms with Gasteiger partial charge in [0.25, 0.3) is 0 Å². The summed E-state index contributed by atoms with van der Waals surface area (Å²) in [5, 5.41) is 6.42. The van der Waals surface area contributed by atoms with Crippen LogP contribution in [0.2, 0.25) is 0 Å². The summed E-state index contributed by atoms with van der Waals surface area (Å²) < 4.78 is 12.0. The second-order valence-corrected chi connectivity index (χ2v) is 9.40. The number of rotatable bonds is 6. The lowest BCUT2D eigenvalue weighted by Gasteiger charge is -2.29. The number of likely N-dealkylation sites (tertiary alicyclic amines) is 1. The normalized spacial score (nSPS) is 33.3. The van der Waals surface area contributed by atoms with Gasteiger partial charge in [-0.3, -0.25) is 4.21 Å². The zero-order valence-corrected chi connectivity index (χ0v) is 15.1. The maximum Gasteiger partial charge on any atom is 0.315 e. The Bertz CT molecular complexity index is 442. The van der Waals surface area contributed by atoms with Crippen LogP contribution < -0.4 is 10.6 Å². The highest BCUT2D eigenvalue weighted by Crippen LogP contribution is 2.31. The van der Waals surface area contributed by atoms with Crippen molar-refractivity contribution >= 4 is 16.8 Å². The minimum Gasteiger partial charge on any atom is -0.338 e. The molecule has 0 aromatic carbocycles. The van der Waals surface area contributed by atoms with Crippen LogP contribution in [0.4, 0.5) is 4.79 Å². The molecule has 0 unspecified atom stereocenters. The first kappa shape index (κ1) is 17.2. The first-order valence-electron chi connectivity index (χ1n) is 9.31. The van der Waals surface area contributed by atoms with E-state index in [9.17, 15) is 9.00 Å². The SMILES string of the molecule is CC[S@](=O)[C@@H]1CCC[C@@H](NC(=O)NC[C@@H]2CCN(C3CC3)C2)C1. The molecule has 1 heterocycles. The molecule has 6 heteroatoms. The van der Waals surface area contributed by atoms with E-state index in [1.807, 2.05) is 6.92 Å². The number of carbonyl (C=O) groups excluding carboxylic acids is 1. The van der Waals surface area contributed by atoms with Crippen molar-refractivity contribution in [2.45, 2.75) is 69.2 Å². The van der Waals surface area contributed by atoms with Gasteiger partial charge in [0, 0.05) is 47.0 Å². The number of hydrogen-bond acceptors (Lipinski definition) is 3. The largest absolute Gasteiger partial charge is 0.338 e. The average Bonchev–Trinajstić information content (AvgIpc) is 3.31. The van der Waals surface area contributed by atoms with Crippen molar-refractivity contribution in [3.63, 3.8) is 0 Å². The number of nitrogens with one attached hydrogen (secondary N) is 2. The van der Waals surface area contributed by atoms with Crippen LogP contribution >= 0.6 is 0 Å². The minimum atomic E-state index is -0.735. The maximum absolute atomic E-state index is 12.1. The highest BCUT2D eigenvalue weighted by Gasteiger charge is 2.34. The molecule has 3 fully saturated rings. The molecular formula is C17H31N3O2S. The second-order valence-electron chi connectivity index (χ2n) is 7.39. The molecule has 3 aliphatic rings. The van der Waals surface area contributed by atoms with Crippen molar-refractivity contribution in [2.24, 2.45) is 5.92 Å². The molecule has 5 nitrogen and oxygen atoms in total. The number of hydrogen-bond donors (Lipinski definition) is 2. The number of amides is 2. The van der Waals surface area contributed by atoms with Gasteiger partial charge in [-0.2, -0.15) is 0 Å². The van der Waals surface area contributed by atoms with E-state index in [0.717, 1.165) is 50.6 Å². The molecule has 0 bridgehead atoms. The summed E-state index contributed by atoms with van der Waals surface area (Å²) in [4.78, 5) is 14.7. The third-order valence-electron chi connectivity index (χ3n) is 5.55. The van der Waals surface area contributed by atoms with E-state index in [1.54, 1.807) is 0 Å². The zero-order valence-electron chi connectivity index (χ0n) is 14.3. The van der Waals surface area contributed by atoms with Crippen molar-refractivity contribution < 1.29 is 9.00 Å². The van der Waals surface area contributed by atoms with Crippen molar-refractivity contribution in [1.29, 1.82) is 0 Å². The molecule has 0 aromatic heterocycles. The van der Waals surface area contributed by atoms with Crippen molar-refractivity contribution in [1.82, 2.24) is 15.5 Å². The van der Waals surface area contributed by atoms with E-state index in [1.165, 1.54) is 25.8 Å². The summed E-state index contributed by atoms with van der Waals surface area (Å²) in [5.41, 5.74) is 0. The predicted octanol–water partition coefficient (Wildman–Crippen LogP) is 1.85. The van der Waals surface area contributed by atoms with Crippen molar-refractivity contribution in [3.8, 4) is 0 Å². The molecule has 2 aliphatic carbocycles. The molecule has 1 saturated heterocycles. The first-order valence-corrected chi connectivity index (χ1v) is 10.7. The Morgan fingerprint density at radius 3 is 2.78 bits per heavy atom. The van der Waals surface area contributed by atoms with Gasteiger partial charge in [0.15, 0.2) is 0 Å². The van der Waals surface area contributed by atoms with Crippen LogP contribution in [-0.2, 0) is 10.8 Å². The lowest BCUT2D eigenvalue weighted by atomic mass is 9.95. The van der Waals surface area contributed by atoms with Crippen molar-refractivity contribution in [3.05, 3.63) is 0 Å². The highest BCUT2D eigenvalue weighted by molar-refractivity contribution is 7.85. The minimum absolute atomic E-state index is 0.0391. The Balaban J connectivity index is 1.35. The van der Waals surface area contributed by atoms with Gasteiger partial charge >= 0.3 is 6.03 Å². The third kappa shape index (κ3) is 4.92. The molecule has 0 radical (unpaired) electrons. The van der Waals surface area contributed by atoms with Gasteiger partial charge in [-0.1, -0.05) is 13.3 Å². The molecule has 132 valence electrons. The van der Waals surface area contributed by atoms with Crippen LogP contribution in [0.25, 0.3) is 0 Å². The van der Waals surface area contributed by atoms with E-state index < -0.39 is 10.8 Å². The molecule has 3 rings (SSSR count). The molecule has 4 atom stereocenters. The molecule has 2 N–H and O–H groups in total. The summed E-state index contributed by atoms with van der Waals surface area (Å²) in [5.74, 6) is 1.33. The molecule has 2 saturated carbocycles. The predicted molar refractivity (Wildman–Crippen MR) is 94.0 cm³/mol. The smallest absolute Gasteiger partial charge is 0.315 e. The topological polar surface area (TPSA) is 61.4 Å². The number of nitrogens with zero attached hydrogens (tertiary/aromatic N) is 1. The van der Waals surface area contributed by atoms with Gasteiger partial charge in [0.1, 0.15) is 0 Å². The van der Waals surface area contributed by atoms with Gasteiger partial charge in [-0.25, -0.2) is 4.79 Å². The van der Waals surface area contributed by atoms with E-state index in [0.29, 0.717) is 5.92 Å². The molecule has 0 spiro atoms. The van der Waals surface area contributed by atoms with Crippen LogP contribution in [0.3, 0.4) is 0 Å². The van der Waals surface area contributed by atoms with Gasteiger partial charge < -0.3 is 15.5 Å². The Kier molecular flexibility index (Phi) is 5.96. The maximum atomic E-state index is 12.1. The first-order chi connectivity index (χ1) is 11.2. The molecule has 23 heavy (non-hydrogen) atoms. The molecular weight excluding hydrogens is 310 g/mol. The second kappa shape index (κ2) is 7.97. The Morgan fingerprint density at radius 2 is 2.04 bits per heavy atom. The van der Waals surface area contributed by atoms with E-state index in [4.69, 9.17) is 0 Å². The summed E-state index contributed by atoms with van der Waals surface area (Å²) in [6, 6.07) is 0.992. The van der Waals surface area contributed by atoms with Crippen LogP contribution in [0, 0.1) is 5.92 Å². The summed E-state index contributed by atoms with van der Waals surface area (Å²) >= 11 is 0. The summed E-state index contributed by atoms with van der Waals surface area (Å²) in [7, 11) is -0.735. The Labute approximate surface area is 142 Å². The monoisotopic (exact) mass is 341 g/mol.